The zero-order valence-corrected chi connectivity index (χ0v) is 11.9. The van der Waals surface area contributed by atoms with E-state index in [2.05, 4.69) is 33.4 Å². The Kier molecular flexibility index (Phi) is 3.58. The van der Waals surface area contributed by atoms with E-state index in [0.29, 0.717) is 12.2 Å². The van der Waals surface area contributed by atoms with Crippen molar-refractivity contribution in [2.24, 2.45) is 5.84 Å². The van der Waals surface area contributed by atoms with Gasteiger partial charge in [0.1, 0.15) is 10.7 Å². The standard InChI is InChI=1S/C14H15N5S/c1-2-10-7-11-13(19-15)17-12(18-14(11)20-10)6-9-4-3-5-16-8-9/h3-5,7-8H,2,6,15H2,1H3,(H,17,18,19). The lowest BCUT2D eigenvalue weighted by Gasteiger charge is -2.05. The fourth-order valence-corrected chi connectivity index (χ4v) is 3.05. The largest absolute Gasteiger partial charge is 0.308 e. The zero-order valence-electron chi connectivity index (χ0n) is 11.1. The lowest BCUT2D eigenvalue weighted by molar-refractivity contribution is 0.985. The molecule has 3 N–H and O–H groups in total. The lowest BCUT2D eigenvalue weighted by Crippen LogP contribution is -2.10. The van der Waals surface area contributed by atoms with Gasteiger partial charge in [-0.3, -0.25) is 4.98 Å². The minimum absolute atomic E-state index is 0.651. The predicted molar refractivity (Wildman–Crippen MR) is 81.6 cm³/mol. The number of nitrogens with zero attached hydrogens (tertiary/aromatic N) is 3. The third-order valence-electron chi connectivity index (χ3n) is 3.06. The maximum atomic E-state index is 5.58. The number of rotatable bonds is 4. The molecule has 6 heteroatoms. The molecule has 0 amide bonds. The molecule has 0 atom stereocenters. The minimum atomic E-state index is 0.651. The van der Waals surface area contributed by atoms with Gasteiger partial charge in [-0.1, -0.05) is 13.0 Å². The van der Waals surface area contributed by atoms with E-state index in [9.17, 15) is 0 Å². The summed E-state index contributed by atoms with van der Waals surface area (Å²) in [5.41, 5.74) is 3.76. The molecule has 3 aromatic heterocycles. The van der Waals surface area contributed by atoms with E-state index in [1.807, 2.05) is 18.3 Å². The van der Waals surface area contributed by atoms with Crippen LogP contribution < -0.4 is 11.3 Å². The van der Waals surface area contributed by atoms with Crippen LogP contribution in [-0.4, -0.2) is 15.0 Å². The summed E-state index contributed by atoms with van der Waals surface area (Å²) >= 11 is 1.69. The number of nitrogen functional groups attached to an aromatic ring is 1. The average molecular weight is 285 g/mol. The average Bonchev–Trinajstić information content (AvgIpc) is 2.90. The van der Waals surface area contributed by atoms with E-state index in [1.165, 1.54) is 4.88 Å². The molecule has 0 bridgehead atoms. The fraction of sp³-hybridized carbons (Fsp3) is 0.214. The molecule has 5 nitrogen and oxygen atoms in total. The van der Waals surface area contributed by atoms with E-state index < -0.39 is 0 Å². The van der Waals surface area contributed by atoms with Crippen LogP contribution in [0.25, 0.3) is 10.2 Å². The van der Waals surface area contributed by atoms with E-state index in [0.717, 1.165) is 28.0 Å². The Morgan fingerprint density at radius 2 is 2.25 bits per heavy atom. The van der Waals surface area contributed by atoms with Gasteiger partial charge in [-0.25, -0.2) is 15.8 Å². The normalized spacial score (nSPS) is 10.9. The Morgan fingerprint density at radius 3 is 2.95 bits per heavy atom. The zero-order chi connectivity index (χ0) is 13.9. The van der Waals surface area contributed by atoms with Crippen LogP contribution in [-0.2, 0) is 12.8 Å². The van der Waals surface area contributed by atoms with Gasteiger partial charge in [0.15, 0.2) is 5.82 Å². The van der Waals surface area contributed by atoms with E-state index in [-0.39, 0.29) is 0 Å². The molecular weight excluding hydrogens is 270 g/mol. The topological polar surface area (TPSA) is 76.7 Å². The first-order valence-electron chi connectivity index (χ1n) is 6.45. The summed E-state index contributed by atoms with van der Waals surface area (Å²) in [7, 11) is 0. The van der Waals surface area contributed by atoms with Crippen molar-refractivity contribution in [3.63, 3.8) is 0 Å². The van der Waals surface area contributed by atoms with Crippen LogP contribution in [0.2, 0.25) is 0 Å². The van der Waals surface area contributed by atoms with Gasteiger partial charge in [-0.05, 0) is 24.1 Å². The SMILES string of the molecule is CCc1cc2c(NN)nc(Cc3cccnc3)nc2s1. The molecule has 0 unspecified atom stereocenters. The number of fused-ring (bicyclic) bond motifs is 1. The number of hydrogen-bond donors (Lipinski definition) is 2. The molecular formula is C14H15N5S. The molecule has 0 aliphatic heterocycles. The molecule has 102 valence electrons. The Balaban J connectivity index is 2.03. The van der Waals surface area contributed by atoms with Crippen molar-refractivity contribution in [1.82, 2.24) is 15.0 Å². The van der Waals surface area contributed by atoms with Crippen LogP contribution in [0, 0.1) is 0 Å². The number of thiophene rings is 1. The summed E-state index contributed by atoms with van der Waals surface area (Å²) in [6.07, 6.45) is 5.23. The molecule has 0 spiro atoms. The van der Waals surface area contributed by atoms with Crippen LogP contribution in [0.4, 0.5) is 5.82 Å². The predicted octanol–water partition coefficient (Wildman–Crippen LogP) is 2.53. The van der Waals surface area contributed by atoms with Crippen LogP contribution in [0.5, 0.6) is 0 Å². The summed E-state index contributed by atoms with van der Waals surface area (Å²) in [5.74, 6) is 7.02. The summed E-state index contributed by atoms with van der Waals surface area (Å²) in [4.78, 5) is 15.5. The van der Waals surface area contributed by atoms with Crippen LogP contribution in [0.15, 0.2) is 30.6 Å². The smallest absolute Gasteiger partial charge is 0.152 e. The number of anilines is 1. The Bertz CT molecular complexity index is 723. The number of hydrazine groups is 1. The van der Waals surface area contributed by atoms with Gasteiger partial charge in [0.25, 0.3) is 0 Å². The number of aromatic nitrogens is 3. The number of aryl methyl sites for hydroxylation is 1. The highest BCUT2D eigenvalue weighted by Gasteiger charge is 2.11. The first kappa shape index (κ1) is 13.0. The molecule has 20 heavy (non-hydrogen) atoms. The maximum absolute atomic E-state index is 5.58. The molecule has 0 aromatic carbocycles. The highest BCUT2D eigenvalue weighted by molar-refractivity contribution is 7.18. The molecule has 3 aromatic rings. The van der Waals surface area contributed by atoms with Gasteiger partial charge < -0.3 is 5.43 Å². The summed E-state index contributed by atoms with van der Waals surface area (Å²) in [6, 6.07) is 6.03. The minimum Gasteiger partial charge on any atom is -0.308 e. The fourth-order valence-electron chi connectivity index (χ4n) is 2.06. The molecule has 3 heterocycles. The van der Waals surface area contributed by atoms with Gasteiger partial charge in [-0.2, -0.15) is 0 Å². The van der Waals surface area contributed by atoms with E-state index >= 15 is 0 Å². The summed E-state index contributed by atoms with van der Waals surface area (Å²) < 4.78 is 0. The van der Waals surface area contributed by atoms with Gasteiger partial charge in [0.2, 0.25) is 0 Å². The summed E-state index contributed by atoms with van der Waals surface area (Å²) in [5, 5.41) is 0.990. The van der Waals surface area contributed by atoms with Crippen LogP contribution in [0.3, 0.4) is 0 Å². The van der Waals surface area contributed by atoms with Gasteiger partial charge in [-0.15, -0.1) is 11.3 Å². The molecule has 3 rings (SSSR count). The Labute approximate surface area is 120 Å². The number of nitrogens with two attached hydrogens (primary N) is 1. The first-order valence-corrected chi connectivity index (χ1v) is 7.26. The van der Waals surface area contributed by atoms with Crippen molar-refractivity contribution in [2.45, 2.75) is 19.8 Å². The Hall–Kier alpha value is -2.05. The number of pyridine rings is 1. The van der Waals surface area contributed by atoms with Gasteiger partial charge in [0, 0.05) is 23.7 Å². The number of nitrogens with one attached hydrogen (secondary N) is 1. The van der Waals surface area contributed by atoms with Gasteiger partial charge in [0.05, 0.1) is 5.39 Å². The molecule has 0 aliphatic rings. The maximum Gasteiger partial charge on any atom is 0.152 e. The van der Waals surface area contributed by atoms with E-state index in [4.69, 9.17) is 5.84 Å². The van der Waals surface area contributed by atoms with Crippen molar-refractivity contribution in [2.75, 3.05) is 5.43 Å². The second-order valence-electron chi connectivity index (χ2n) is 4.46. The van der Waals surface area contributed by atoms with Crippen molar-refractivity contribution < 1.29 is 0 Å². The van der Waals surface area contributed by atoms with Crippen LogP contribution >= 0.6 is 11.3 Å². The first-order chi connectivity index (χ1) is 9.80. The highest BCUT2D eigenvalue weighted by Crippen LogP contribution is 2.29. The van der Waals surface area contributed by atoms with Crippen molar-refractivity contribution >= 4 is 27.4 Å². The second-order valence-corrected chi connectivity index (χ2v) is 5.57. The molecule has 0 saturated carbocycles. The van der Waals surface area contributed by atoms with E-state index in [1.54, 1.807) is 17.5 Å². The third kappa shape index (κ3) is 2.48. The highest BCUT2D eigenvalue weighted by atomic mass is 32.1. The second kappa shape index (κ2) is 5.52. The van der Waals surface area contributed by atoms with Crippen molar-refractivity contribution in [3.05, 3.63) is 46.9 Å². The third-order valence-corrected chi connectivity index (χ3v) is 4.23. The van der Waals surface area contributed by atoms with Crippen LogP contribution in [0.1, 0.15) is 23.2 Å². The quantitative estimate of drug-likeness (QED) is 0.569. The molecule has 0 fully saturated rings. The molecule has 0 aliphatic carbocycles. The monoisotopic (exact) mass is 285 g/mol. The number of hydrogen-bond acceptors (Lipinski definition) is 6. The van der Waals surface area contributed by atoms with Crippen molar-refractivity contribution in [3.8, 4) is 0 Å². The molecule has 0 saturated heterocycles. The Morgan fingerprint density at radius 1 is 1.35 bits per heavy atom. The summed E-state index contributed by atoms with van der Waals surface area (Å²) in [6.45, 7) is 2.13. The lowest BCUT2D eigenvalue weighted by atomic mass is 10.2. The van der Waals surface area contributed by atoms with Gasteiger partial charge >= 0.3 is 0 Å². The molecule has 0 radical (unpaired) electrons. The van der Waals surface area contributed by atoms with Crippen molar-refractivity contribution in [1.29, 1.82) is 0 Å².